The molecule has 1 saturated heterocycles. The molecule has 1 unspecified atom stereocenters. The Morgan fingerprint density at radius 1 is 1.12 bits per heavy atom. The lowest BCUT2D eigenvalue weighted by Gasteiger charge is -2.22. The molecule has 1 aromatic heterocycles. The molecule has 2 heterocycles. The molecule has 9 heteroatoms. The number of likely N-dealkylation sites (tertiary alicyclic amines) is 1. The molecule has 3 aromatic rings. The third kappa shape index (κ3) is 8.22. The molecule has 2 amide bonds. The minimum atomic E-state index is -0.228. The zero-order valence-electron chi connectivity index (χ0n) is 24.0. The van der Waals surface area contributed by atoms with Crippen molar-refractivity contribution in [3.8, 4) is 23.0 Å². The Bertz CT molecular complexity index is 1260. The zero-order chi connectivity index (χ0) is 28.5. The summed E-state index contributed by atoms with van der Waals surface area (Å²) in [5.74, 6) is 2.51. The first kappa shape index (κ1) is 29.4. The number of aliphatic hydroxyl groups is 1. The Labute approximate surface area is 236 Å². The van der Waals surface area contributed by atoms with Crippen LogP contribution in [-0.2, 0) is 0 Å². The molecule has 0 aliphatic carbocycles. The number of aromatic nitrogens is 1. The van der Waals surface area contributed by atoms with E-state index in [2.05, 4.69) is 41.3 Å². The van der Waals surface area contributed by atoms with Gasteiger partial charge in [0.25, 0.3) is 0 Å². The maximum Gasteiger partial charge on any atom is 0.319 e. The summed E-state index contributed by atoms with van der Waals surface area (Å²) >= 11 is 0. The third-order valence-corrected chi connectivity index (χ3v) is 7.04. The molecule has 216 valence electrons. The Kier molecular flexibility index (Phi) is 10.1. The minimum Gasteiger partial charge on any atom is -0.493 e. The van der Waals surface area contributed by atoms with Crippen LogP contribution in [0.5, 0.6) is 23.0 Å². The molecule has 1 aliphatic rings. The van der Waals surface area contributed by atoms with Gasteiger partial charge in [-0.05, 0) is 74.0 Å². The first-order chi connectivity index (χ1) is 19.3. The number of hydrogen-bond acceptors (Lipinski definition) is 7. The number of carbonyl (C=O) groups excluding carboxylic acids is 1. The monoisotopic (exact) mass is 550 g/mol. The predicted octanol–water partition coefficient (Wildman–Crippen LogP) is 5.82. The number of methoxy groups -OCH3 is 1. The molecule has 0 bridgehead atoms. The van der Waals surface area contributed by atoms with Crippen molar-refractivity contribution in [2.75, 3.05) is 45.3 Å². The summed E-state index contributed by atoms with van der Waals surface area (Å²) in [6.45, 7) is 9.74. The van der Waals surface area contributed by atoms with Crippen LogP contribution in [0.15, 0.2) is 48.7 Å². The smallest absolute Gasteiger partial charge is 0.319 e. The lowest BCUT2D eigenvalue weighted by molar-refractivity contribution is 0.150. The number of nitrogens with zero attached hydrogens (tertiary/aromatic N) is 2. The Balaban J connectivity index is 1.36. The highest BCUT2D eigenvalue weighted by Crippen LogP contribution is 2.37. The number of nitrogens with one attached hydrogen (secondary N) is 2. The number of aliphatic hydroxyl groups excluding tert-OH is 1. The molecule has 0 saturated carbocycles. The van der Waals surface area contributed by atoms with Crippen LogP contribution in [0.1, 0.15) is 46.5 Å². The van der Waals surface area contributed by atoms with Gasteiger partial charge in [0.2, 0.25) is 0 Å². The van der Waals surface area contributed by atoms with Gasteiger partial charge < -0.3 is 30.0 Å². The van der Waals surface area contributed by atoms with Crippen LogP contribution in [0.2, 0.25) is 0 Å². The largest absolute Gasteiger partial charge is 0.493 e. The van der Waals surface area contributed by atoms with E-state index in [1.165, 1.54) is 0 Å². The SMILES string of the molecule is COc1cc2c(Oc3ccc(NC(=O)NCCC(C)(C)C)cc3)ccnc2cc1OCCCN1CCCC1CO. The van der Waals surface area contributed by atoms with Gasteiger partial charge >= 0.3 is 6.03 Å². The van der Waals surface area contributed by atoms with Gasteiger partial charge in [0.05, 0.1) is 25.8 Å². The number of pyridine rings is 1. The van der Waals surface area contributed by atoms with E-state index in [0.29, 0.717) is 41.8 Å². The highest BCUT2D eigenvalue weighted by atomic mass is 16.5. The number of anilines is 1. The average Bonchev–Trinajstić information content (AvgIpc) is 3.39. The first-order valence-corrected chi connectivity index (χ1v) is 14.0. The van der Waals surface area contributed by atoms with Gasteiger partial charge in [0.1, 0.15) is 11.5 Å². The van der Waals surface area contributed by atoms with Gasteiger partial charge in [-0.3, -0.25) is 9.88 Å². The molecule has 1 fully saturated rings. The number of urea groups is 1. The van der Waals surface area contributed by atoms with Gasteiger partial charge in [-0.15, -0.1) is 0 Å². The van der Waals surface area contributed by atoms with Gasteiger partial charge in [-0.1, -0.05) is 20.8 Å². The highest BCUT2D eigenvalue weighted by Gasteiger charge is 2.23. The van der Waals surface area contributed by atoms with Crippen LogP contribution in [0.25, 0.3) is 10.9 Å². The van der Waals surface area contributed by atoms with Crippen LogP contribution in [0.3, 0.4) is 0 Å². The highest BCUT2D eigenvalue weighted by molar-refractivity contribution is 5.89. The van der Waals surface area contributed by atoms with Crippen molar-refractivity contribution in [1.29, 1.82) is 0 Å². The molecule has 3 N–H and O–H groups in total. The van der Waals surface area contributed by atoms with E-state index in [4.69, 9.17) is 14.2 Å². The quantitative estimate of drug-likeness (QED) is 0.244. The first-order valence-electron chi connectivity index (χ1n) is 14.0. The summed E-state index contributed by atoms with van der Waals surface area (Å²) < 4.78 is 17.9. The molecule has 4 rings (SSSR count). The molecular weight excluding hydrogens is 508 g/mol. The molecule has 1 aliphatic heterocycles. The summed E-state index contributed by atoms with van der Waals surface area (Å²) in [4.78, 5) is 19.0. The fourth-order valence-electron chi connectivity index (χ4n) is 4.80. The summed E-state index contributed by atoms with van der Waals surface area (Å²) in [6, 6.07) is 12.8. The Hall–Kier alpha value is -3.56. The molecule has 9 nitrogen and oxygen atoms in total. The van der Waals surface area contributed by atoms with Gasteiger partial charge in [-0.25, -0.2) is 4.79 Å². The number of carbonyl (C=O) groups is 1. The molecule has 2 aromatic carbocycles. The maximum atomic E-state index is 12.2. The van der Waals surface area contributed by atoms with E-state index >= 15 is 0 Å². The van der Waals surface area contributed by atoms with Crippen LogP contribution >= 0.6 is 0 Å². The van der Waals surface area contributed by atoms with E-state index in [1.54, 1.807) is 25.4 Å². The van der Waals surface area contributed by atoms with Crippen LogP contribution in [0.4, 0.5) is 10.5 Å². The number of rotatable bonds is 12. The van der Waals surface area contributed by atoms with E-state index < -0.39 is 0 Å². The minimum absolute atomic E-state index is 0.167. The van der Waals surface area contributed by atoms with Gasteiger partial charge in [0, 0.05) is 42.5 Å². The lowest BCUT2D eigenvalue weighted by Crippen LogP contribution is -2.33. The van der Waals surface area contributed by atoms with Crippen molar-refractivity contribution in [2.45, 2.75) is 52.5 Å². The molecular formula is C31H42N4O5. The van der Waals surface area contributed by atoms with Gasteiger partial charge in [0.15, 0.2) is 11.5 Å². The summed E-state index contributed by atoms with van der Waals surface area (Å²) in [7, 11) is 1.62. The topological polar surface area (TPSA) is 105 Å². The van der Waals surface area contributed by atoms with Crippen LogP contribution < -0.4 is 24.8 Å². The van der Waals surface area contributed by atoms with Crippen molar-refractivity contribution in [1.82, 2.24) is 15.2 Å². The summed E-state index contributed by atoms with van der Waals surface area (Å²) in [5.41, 5.74) is 1.58. The van der Waals surface area contributed by atoms with E-state index in [-0.39, 0.29) is 24.1 Å². The lowest BCUT2D eigenvalue weighted by atomic mass is 9.92. The second kappa shape index (κ2) is 13.7. The number of hydrogen-bond donors (Lipinski definition) is 3. The van der Waals surface area contributed by atoms with Crippen LogP contribution in [-0.4, -0.2) is 67.0 Å². The van der Waals surface area contributed by atoms with Crippen molar-refractivity contribution in [2.24, 2.45) is 5.41 Å². The predicted molar refractivity (Wildman–Crippen MR) is 158 cm³/mol. The van der Waals surface area contributed by atoms with E-state index in [0.717, 1.165) is 49.7 Å². The number of benzene rings is 2. The van der Waals surface area contributed by atoms with Gasteiger partial charge in [-0.2, -0.15) is 0 Å². The number of ether oxygens (including phenoxy) is 3. The normalized spacial score (nSPS) is 15.7. The van der Waals surface area contributed by atoms with E-state index in [1.807, 2.05) is 30.3 Å². The van der Waals surface area contributed by atoms with Crippen molar-refractivity contribution in [3.63, 3.8) is 0 Å². The molecule has 40 heavy (non-hydrogen) atoms. The second-order valence-corrected chi connectivity index (χ2v) is 11.4. The number of fused-ring (bicyclic) bond motifs is 1. The fourth-order valence-corrected chi connectivity index (χ4v) is 4.80. The maximum absolute atomic E-state index is 12.2. The standard InChI is InChI=1S/C31H42N4O5/c1-31(2,3)13-15-33-30(37)34-22-8-10-24(11-9-22)40-27-12-14-32-26-20-29(28(38-4)19-25(26)27)39-18-6-17-35-16-5-7-23(35)21-36/h8-12,14,19-20,23,36H,5-7,13,15-18,21H2,1-4H3,(H2,33,34,37). The third-order valence-electron chi connectivity index (χ3n) is 7.04. The zero-order valence-corrected chi connectivity index (χ0v) is 24.0. The van der Waals surface area contributed by atoms with Crippen LogP contribution in [0, 0.1) is 5.41 Å². The molecule has 0 radical (unpaired) electrons. The van der Waals surface area contributed by atoms with Crippen molar-refractivity contribution >= 4 is 22.6 Å². The summed E-state index contributed by atoms with van der Waals surface area (Å²) in [6.07, 6.45) is 5.65. The number of amides is 2. The van der Waals surface area contributed by atoms with Crippen molar-refractivity contribution in [3.05, 3.63) is 48.7 Å². The second-order valence-electron chi connectivity index (χ2n) is 11.4. The fraction of sp³-hybridized carbons (Fsp3) is 0.484. The van der Waals surface area contributed by atoms with Crippen molar-refractivity contribution < 1.29 is 24.1 Å². The summed E-state index contributed by atoms with van der Waals surface area (Å²) in [5, 5.41) is 16.1. The molecule has 0 spiro atoms. The average molecular weight is 551 g/mol. The Morgan fingerprint density at radius 3 is 2.65 bits per heavy atom. The molecule has 1 atom stereocenters. The Morgan fingerprint density at radius 2 is 1.93 bits per heavy atom. The van der Waals surface area contributed by atoms with E-state index in [9.17, 15) is 9.90 Å².